The summed E-state index contributed by atoms with van der Waals surface area (Å²) in [6.07, 6.45) is 2.73. The van der Waals surface area contributed by atoms with E-state index in [1.54, 1.807) is 6.07 Å². The van der Waals surface area contributed by atoms with Crippen LogP contribution in [0.15, 0.2) is 23.2 Å². The molecular formula is C13H15N3O3S. The average molecular weight is 293 g/mol. The first-order valence-corrected chi connectivity index (χ1v) is 7.76. The fourth-order valence-corrected chi connectivity index (χ4v) is 3.93. The Balaban J connectivity index is 2.35. The normalized spacial score (nSPS) is 20.3. The van der Waals surface area contributed by atoms with Crippen LogP contribution in [-0.4, -0.2) is 36.6 Å². The van der Waals surface area contributed by atoms with Crippen LogP contribution < -0.4 is 0 Å². The molecule has 7 heteroatoms. The van der Waals surface area contributed by atoms with Gasteiger partial charge in [0.25, 0.3) is 0 Å². The molecule has 0 N–H and O–H groups in total. The van der Waals surface area contributed by atoms with Crippen LogP contribution in [0.4, 0.5) is 0 Å². The zero-order valence-electron chi connectivity index (χ0n) is 11.1. The van der Waals surface area contributed by atoms with Gasteiger partial charge in [0.05, 0.1) is 0 Å². The SMILES string of the molecule is CC(=O)C1CCCN(S(=O)(=O)c2cccnc2C#N)C1. The number of piperidine rings is 1. The Kier molecular flexibility index (Phi) is 4.16. The predicted molar refractivity (Wildman–Crippen MR) is 71.1 cm³/mol. The highest BCUT2D eigenvalue weighted by Gasteiger charge is 2.33. The fraction of sp³-hybridized carbons (Fsp3) is 0.462. The highest BCUT2D eigenvalue weighted by atomic mass is 32.2. The van der Waals surface area contributed by atoms with Gasteiger partial charge < -0.3 is 0 Å². The van der Waals surface area contributed by atoms with E-state index in [-0.39, 0.29) is 28.8 Å². The van der Waals surface area contributed by atoms with E-state index in [2.05, 4.69) is 4.98 Å². The van der Waals surface area contributed by atoms with Gasteiger partial charge in [-0.3, -0.25) is 4.79 Å². The van der Waals surface area contributed by atoms with Crippen molar-refractivity contribution >= 4 is 15.8 Å². The van der Waals surface area contributed by atoms with Gasteiger partial charge in [0, 0.05) is 25.2 Å². The second-order valence-electron chi connectivity index (χ2n) is 4.77. The highest BCUT2D eigenvalue weighted by molar-refractivity contribution is 7.89. The van der Waals surface area contributed by atoms with E-state index < -0.39 is 10.0 Å². The Morgan fingerprint density at radius 2 is 2.30 bits per heavy atom. The summed E-state index contributed by atoms with van der Waals surface area (Å²) in [7, 11) is -3.78. The van der Waals surface area contributed by atoms with Crippen LogP contribution in [0, 0.1) is 17.2 Å². The maximum atomic E-state index is 12.6. The molecule has 0 amide bonds. The maximum absolute atomic E-state index is 12.6. The molecule has 1 atom stereocenters. The summed E-state index contributed by atoms with van der Waals surface area (Å²) in [5.74, 6) is -0.266. The number of hydrogen-bond acceptors (Lipinski definition) is 5. The molecule has 0 aromatic carbocycles. The molecule has 2 rings (SSSR count). The van der Waals surface area contributed by atoms with Crippen molar-refractivity contribution in [3.05, 3.63) is 24.0 Å². The molecule has 0 aliphatic carbocycles. The van der Waals surface area contributed by atoms with Gasteiger partial charge in [-0.2, -0.15) is 9.57 Å². The topological polar surface area (TPSA) is 91.1 Å². The first-order chi connectivity index (χ1) is 9.46. The molecule has 6 nitrogen and oxygen atoms in total. The van der Waals surface area contributed by atoms with Gasteiger partial charge in [0.2, 0.25) is 10.0 Å². The summed E-state index contributed by atoms with van der Waals surface area (Å²) in [4.78, 5) is 15.1. The van der Waals surface area contributed by atoms with Crippen LogP contribution in [0.2, 0.25) is 0 Å². The Hall–Kier alpha value is -1.78. The van der Waals surface area contributed by atoms with Crippen LogP contribution in [0.1, 0.15) is 25.5 Å². The molecule has 20 heavy (non-hydrogen) atoms. The van der Waals surface area contributed by atoms with Gasteiger partial charge in [-0.25, -0.2) is 13.4 Å². The van der Waals surface area contributed by atoms with Crippen molar-refractivity contribution < 1.29 is 13.2 Å². The number of nitriles is 1. The van der Waals surface area contributed by atoms with Crippen LogP contribution >= 0.6 is 0 Å². The van der Waals surface area contributed by atoms with Crippen LogP contribution in [-0.2, 0) is 14.8 Å². The number of hydrogen-bond donors (Lipinski definition) is 0. The maximum Gasteiger partial charge on any atom is 0.245 e. The Labute approximate surface area is 118 Å². The molecule has 1 aliphatic rings. The zero-order chi connectivity index (χ0) is 14.8. The van der Waals surface area contributed by atoms with E-state index in [0.29, 0.717) is 19.4 Å². The number of carbonyl (C=O) groups excluding carboxylic acids is 1. The second-order valence-corrected chi connectivity index (χ2v) is 6.68. The van der Waals surface area contributed by atoms with Gasteiger partial charge in [-0.05, 0) is 31.9 Å². The fourth-order valence-electron chi connectivity index (χ4n) is 2.31. The quantitative estimate of drug-likeness (QED) is 0.827. The highest BCUT2D eigenvalue weighted by Crippen LogP contribution is 2.25. The molecule has 1 unspecified atom stereocenters. The molecule has 0 radical (unpaired) electrons. The third-order valence-corrected chi connectivity index (χ3v) is 5.35. The number of rotatable bonds is 3. The Morgan fingerprint density at radius 3 is 2.95 bits per heavy atom. The van der Waals surface area contributed by atoms with Gasteiger partial charge in [0.15, 0.2) is 5.69 Å². The first kappa shape index (κ1) is 14.6. The van der Waals surface area contributed by atoms with Gasteiger partial charge in [-0.15, -0.1) is 0 Å². The molecule has 1 fully saturated rings. The van der Waals surface area contributed by atoms with Crippen molar-refractivity contribution in [2.45, 2.75) is 24.7 Å². The number of nitrogens with zero attached hydrogens (tertiary/aromatic N) is 3. The summed E-state index contributed by atoms with van der Waals surface area (Å²) >= 11 is 0. The number of carbonyl (C=O) groups is 1. The minimum absolute atomic E-state index is 0.00315. The number of Topliss-reactive ketones (excluding diaryl/α,β-unsaturated/α-hetero) is 1. The standard InChI is InChI=1S/C13H15N3O3S/c1-10(17)11-4-3-7-16(9-11)20(18,19)13-5-2-6-15-12(13)8-14/h2,5-6,11H,3-4,7,9H2,1H3. The minimum atomic E-state index is -3.78. The lowest BCUT2D eigenvalue weighted by molar-refractivity contribution is -0.121. The Morgan fingerprint density at radius 1 is 1.55 bits per heavy atom. The molecule has 0 bridgehead atoms. The van der Waals surface area contributed by atoms with Crippen molar-refractivity contribution in [2.24, 2.45) is 5.92 Å². The molecule has 2 heterocycles. The number of ketones is 1. The molecule has 1 aromatic rings. The minimum Gasteiger partial charge on any atom is -0.300 e. The van der Waals surface area contributed by atoms with Crippen molar-refractivity contribution in [3.8, 4) is 6.07 Å². The average Bonchev–Trinajstić information content (AvgIpc) is 2.47. The largest absolute Gasteiger partial charge is 0.300 e. The number of sulfonamides is 1. The van der Waals surface area contributed by atoms with E-state index in [1.807, 2.05) is 0 Å². The third-order valence-electron chi connectivity index (χ3n) is 3.45. The van der Waals surface area contributed by atoms with Crippen molar-refractivity contribution in [3.63, 3.8) is 0 Å². The molecule has 1 aromatic heterocycles. The summed E-state index contributed by atoms with van der Waals surface area (Å²) in [5.41, 5.74) is -0.113. The summed E-state index contributed by atoms with van der Waals surface area (Å²) in [6, 6.07) is 4.65. The first-order valence-electron chi connectivity index (χ1n) is 6.32. The van der Waals surface area contributed by atoms with E-state index in [4.69, 9.17) is 5.26 Å². The molecule has 106 valence electrons. The smallest absolute Gasteiger partial charge is 0.245 e. The van der Waals surface area contributed by atoms with E-state index >= 15 is 0 Å². The summed E-state index contributed by atoms with van der Waals surface area (Å²) in [5, 5.41) is 8.97. The van der Waals surface area contributed by atoms with Gasteiger partial charge >= 0.3 is 0 Å². The third kappa shape index (κ3) is 2.71. The predicted octanol–water partition coefficient (Wildman–Crippen LogP) is 0.943. The zero-order valence-corrected chi connectivity index (χ0v) is 11.9. The number of pyridine rings is 1. The van der Waals surface area contributed by atoms with E-state index in [0.717, 1.165) is 0 Å². The molecule has 0 saturated carbocycles. The lowest BCUT2D eigenvalue weighted by atomic mass is 9.96. The molecule has 1 aliphatic heterocycles. The summed E-state index contributed by atoms with van der Waals surface area (Å²) in [6.45, 7) is 2.02. The van der Waals surface area contributed by atoms with Crippen LogP contribution in [0.3, 0.4) is 0 Å². The Bertz CT molecular complexity index is 664. The summed E-state index contributed by atoms with van der Waals surface area (Å²) < 4.78 is 26.4. The van der Waals surface area contributed by atoms with Gasteiger partial charge in [0.1, 0.15) is 16.7 Å². The molecular weight excluding hydrogens is 278 g/mol. The lowest BCUT2D eigenvalue weighted by Gasteiger charge is -2.30. The molecule has 0 spiro atoms. The monoisotopic (exact) mass is 293 g/mol. The van der Waals surface area contributed by atoms with Crippen molar-refractivity contribution in [1.29, 1.82) is 5.26 Å². The van der Waals surface area contributed by atoms with E-state index in [1.165, 1.54) is 29.6 Å². The lowest BCUT2D eigenvalue weighted by Crippen LogP contribution is -2.42. The van der Waals surface area contributed by atoms with Crippen LogP contribution in [0.25, 0.3) is 0 Å². The molecule has 1 saturated heterocycles. The van der Waals surface area contributed by atoms with Crippen molar-refractivity contribution in [1.82, 2.24) is 9.29 Å². The van der Waals surface area contributed by atoms with Crippen LogP contribution in [0.5, 0.6) is 0 Å². The van der Waals surface area contributed by atoms with Crippen molar-refractivity contribution in [2.75, 3.05) is 13.1 Å². The van der Waals surface area contributed by atoms with Gasteiger partial charge in [-0.1, -0.05) is 0 Å². The number of aromatic nitrogens is 1. The van der Waals surface area contributed by atoms with E-state index in [9.17, 15) is 13.2 Å². The second kappa shape index (κ2) is 5.69.